The standard InChI is InChI=1S/C30H25ClN2O6S/c1-4-37-29(35)27-18(3)28(30(36)38-5-2)40-26(27)14-24(34)22(16-33)12-21-13-23(31)10-11-25(21)39-17-20-8-6-19(15-32)7-9-20/h6-13H,4-5,14,17H2,1-3H3. The molecule has 0 radical (unpaired) electrons. The lowest BCUT2D eigenvalue weighted by molar-refractivity contribution is -0.114. The van der Waals surface area contributed by atoms with E-state index in [-0.39, 0.29) is 42.3 Å². The van der Waals surface area contributed by atoms with Crippen LogP contribution in [-0.4, -0.2) is 30.9 Å². The number of ketones is 1. The number of thiophene rings is 1. The monoisotopic (exact) mass is 576 g/mol. The summed E-state index contributed by atoms with van der Waals surface area (Å²) < 4.78 is 16.2. The first kappa shape index (κ1) is 30.1. The molecule has 10 heteroatoms. The van der Waals surface area contributed by atoms with Crippen molar-refractivity contribution in [3.8, 4) is 17.9 Å². The molecule has 204 valence electrons. The molecule has 0 unspecified atom stereocenters. The van der Waals surface area contributed by atoms with E-state index in [1.807, 2.05) is 6.07 Å². The van der Waals surface area contributed by atoms with Gasteiger partial charge in [0.25, 0.3) is 0 Å². The number of rotatable bonds is 11. The topological polar surface area (TPSA) is 126 Å². The van der Waals surface area contributed by atoms with Crippen molar-refractivity contribution in [2.45, 2.75) is 33.8 Å². The number of esters is 2. The van der Waals surface area contributed by atoms with Gasteiger partial charge in [-0.1, -0.05) is 23.7 Å². The summed E-state index contributed by atoms with van der Waals surface area (Å²) in [5.41, 5.74) is 2.04. The summed E-state index contributed by atoms with van der Waals surface area (Å²) in [5.74, 6) is -1.44. The molecule has 0 bridgehead atoms. The number of Topliss-reactive ketones (excluding diaryl/α,β-unsaturated/α-hetero) is 1. The number of allylic oxidation sites excluding steroid dienone is 1. The third kappa shape index (κ3) is 7.35. The summed E-state index contributed by atoms with van der Waals surface area (Å²) in [6.07, 6.45) is 1.07. The fourth-order valence-electron chi connectivity index (χ4n) is 3.73. The molecule has 3 aromatic rings. The maximum absolute atomic E-state index is 13.3. The number of halogens is 1. The van der Waals surface area contributed by atoms with Crippen LogP contribution in [-0.2, 0) is 27.3 Å². The molecule has 0 aliphatic heterocycles. The minimum absolute atomic E-state index is 0.111. The second-order valence-corrected chi connectivity index (χ2v) is 9.89. The summed E-state index contributed by atoms with van der Waals surface area (Å²) >= 11 is 7.15. The first-order valence-electron chi connectivity index (χ1n) is 12.2. The van der Waals surface area contributed by atoms with Crippen molar-refractivity contribution in [1.29, 1.82) is 10.5 Å². The summed E-state index contributed by atoms with van der Waals surface area (Å²) in [6, 6.07) is 15.7. The van der Waals surface area contributed by atoms with E-state index in [9.17, 15) is 19.6 Å². The molecule has 0 N–H and O–H groups in total. The zero-order chi connectivity index (χ0) is 29.2. The Morgan fingerprint density at radius 1 is 1.00 bits per heavy atom. The predicted molar refractivity (Wildman–Crippen MR) is 150 cm³/mol. The number of nitrogens with zero attached hydrogens (tertiary/aromatic N) is 2. The SMILES string of the molecule is CCOC(=O)c1sc(CC(=O)C(C#N)=Cc2cc(Cl)ccc2OCc2ccc(C#N)cc2)c(C(=O)OCC)c1C. The number of hydrogen-bond acceptors (Lipinski definition) is 9. The highest BCUT2D eigenvalue weighted by atomic mass is 35.5. The van der Waals surface area contributed by atoms with E-state index < -0.39 is 17.7 Å². The van der Waals surface area contributed by atoms with Gasteiger partial charge >= 0.3 is 11.9 Å². The summed E-state index contributed by atoms with van der Waals surface area (Å²) in [7, 11) is 0. The van der Waals surface area contributed by atoms with Gasteiger partial charge in [-0.25, -0.2) is 9.59 Å². The normalized spacial score (nSPS) is 10.8. The van der Waals surface area contributed by atoms with Crippen LogP contribution in [0, 0.1) is 29.6 Å². The van der Waals surface area contributed by atoms with Crippen LogP contribution in [0.5, 0.6) is 5.75 Å². The number of nitriles is 2. The molecule has 0 amide bonds. The summed E-state index contributed by atoms with van der Waals surface area (Å²) in [4.78, 5) is 38.9. The van der Waals surface area contributed by atoms with Crippen LogP contribution in [0.1, 0.15) is 61.0 Å². The first-order valence-corrected chi connectivity index (χ1v) is 13.4. The van der Waals surface area contributed by atoms with Gasteiger partial charge in [0.05, 0.1) is 36.0 Å². The number of hydrogen-bond donors (Lipinski definition) is 0. The quantitative estimate of drug-likeness (QED) is 0.149. The number of carbonyl (C=O) groups excluding carboxylic acids is 3. The third-order valence-electron chi connectivity index (χ3n) is 5.65. The molecule has 0 atom stereocenters. The molecule has 1 aromatic heterocycles. The Morgan fingerprint density at radius 3 is 2.30 bits per heavy atom. The highest BCUT2D eigenvalue weighted by Crippen LogP contribution is 2.32. The van der Waals surface area contributed by atoms with E-state index in [1.54, 1.807) is 63.2 Å². The minimum atomic E-state index is -0.662. The predicted octanol–water partition coefficient (Wildman–Crippen LogP) is 6.23. The van der Waals surface area contributed by atoms with Crippen LogP contribution in [0.2, 0.25) is 5.02 Å². The lowest BCUT2D eigenvalue weighted by atomic mass is 10.0. The van der Waals surface area contributed by atoms with Crippen molar-refractivity contribution in [3.05, 3.63) is 90.6 Å². The Bertz CT molecular complexity index is 1540. The molecule has 0 aliphatic rings. The van der Waals surface area contributed by atoms with Gasteiger partial charge < -0.3 is 14.2 Å². The Kier molecular flexibility index (Phi) is 10.6. The highest BCUT2D eigenvalue weighted by molar-refractivity contribution is 7.14. The van der Waals surface area contributed by atoms with Crippen molar-refractivity contribution in [2.24, 2.45) is 0 Å². The number of benzene rings is 2. The van der Waals surface area contributed by atoms with Gasteiger partial charge in [0, 0.05) is 21.9 Å². The molecule has 40 heavy (non-hydrogen) atoms. The Hall–Kier alpha value is -4.44. The third-order valence-corrected chi connectivity index (χ3v) is 7.16. The lowest BCUT2D eigenvalue weighted by Crippen LogP contribution is -2.12. The highest BCUT2D eigenvalue weighted by Gasteiger charge is 2.28. The van der Waals surface area contributed by atoms with Crippen LogP contribution < -0.4 is 4.74 Å². The maximum atomic E-state index is 13.3. The molecule has 0 saturated heterocycles. The van der Waals surface area contributed by atoms with Crippen LogP contribution in [0.3, 0.4) is 0 Å². The average molecular weight is 577 g/mol. The van der Waals surface area contributed by atoms with E-state index in [0.29, 0.717) is 32.3 Å². The summed E-state index contributed by atoms with van der Waals surface area (Å²) in [6.45, 7) is 5.35. The molecule has 0 aliphatic carbocycles. The van der Waals surface area contributed by atoms with Gasteiger partial charge in [-0.15, -0.1) is 11.3 Å². The van der Waals surface area contributed by atoms with Crippen LogP contribution in [0.25, 0.3) is 6.08 Å². The van der Waals surface area contributed by atoms with Crippen molar-refractivity contribution in [3.63, 3.8) is 0 Å². The fraction of sp³-hybridized carbons (Fsp3) is 0.233. The van der Waals surface area contributed by atoms with Crippen LogP contribution in [0.4, 0.5) is 0 Å². The second-order valence-electron chi connectivity index (χ2n) is 8.34. The Labute approximate surface area is 241 Å². The maximum Gasteiger partial charge on any atom is 0.348 e. The van der Waals surface area contributed by atoms with Crippen molar-refractivity contribution in [2.75, 3.05) is 13.2 Å². The van der Waals surface area contributed by atoms with Crippen molar-refractivity contribution < 1.29 is 28.6 Å². The van der Waals surface area contributed by atoms with Crippen molar-refractivity contribution in [1.82, 2.24) is 0 Å². The first-order chi connectivity index (χ1) is 19.2. The van der Waals surface area contributed by atoms with Gasteiger partial charge in [-0.2, -0.15) is 10.5 Å². The Balaban J connectivity index is 1.92. The minimum Gasteiger partial charge on any atom is -0.488 e. The van der Waals surface area contributed by atoms with Gasteiger partial charge in [0.2, 0.25) is 0 Å². The molecular formula is C30H25ClN2O6S. The lowest BCUT2D eigenvalue weighted by Gasteiger charge is -2.11. The molecular weight excluding hydrogens is 552 g/mol. The van der Waals surface area contributed by atoms with Crippen LogP contribution in [0.15, 0.2) is 48.0 Å². The van der Waals surface area contributed by atoms with Gasteiger partial charge in [0.1, 0.15) is 23.3 Å². The van der Waals surface area contributed by atoms with E-state index in [1.165, 1.54) is 6.08 Å². The molecule has 1 heterocycles. The largest absolute Gasteiger partial charge is 0.488 e. The zero-order valence-electron chi connectivity index (χ0n) is 22.1. The summed E-state index contributed by atoms with van der Waals surface area (Å²) in [5, 5.41) is 19.2. The molecule has 0 saturated carbocycles. The molecule has 8 nitrogen and oxygen atoms in total. The Morgan fingerprint density at radius 2 is 1.68 bits per heavy atom. The second kappa shape index (κ2) is 14.1. The fourth-order valence-corrected chi connectivity index (χ4v) is 5.10. The van der Waals surface area contributed by atoms with E-state index in [2.05, 4.69) is 6.07 Å². The zero-order valence-corrected chi connectivity index (χ0v) is 23.6. The molecule has 0 spiro atoms. The number of ether oxygens (including phenoxy) is 3. The van der Waals surface area contributed by atoms with E-state index >= 15 is 0 Å². The average Bonchev–Trinajstić information content (AvgIpc) is 3.27. The molecule has 3 rings (SSSR count). The van der Waals surface area contributed by atoms with Crippen LogP contribution >= 0.6 is 22.9 Å². The number of carbonyl (C=O) groups is 3. The van der Waals surface area contributed by atoms with E-state index in [4.69, 9.17) is 31.1 Å². The smallest absolute Gasteiger partial charge is 0.348 e. The van der Waals surface area contributed by atoms with Crippen molar-refractivity contribution >= 4 is 46.7 Å². The van der Waals surface area contributed by atoms with Gasteiger partial charge in [0.15, 0.2) is 5.78 Å². The van der Waals surface area contributed by atoms with E-state index in [0.717, 1.165) is 16.9 Å². The van der Waals surface area contributed by atoms with Gasteiger partial charge in [-0.3, -0.25) is 4.79 Å². The van der Waals surface area contributed by atoms with Gasteiger partial charge in [-0.05, 0) is 68.3 Å². The molecule has 0 fully saturated rings. The molecule has 2 aromatic carbocycles.